The number of aryl methyl sites for hydroxylation is 1. The summed E-state index contributed by atoms with van der Waals surface area (Å²) < 4.78 is 3.06. The van der Waals surface area contributed by atoms with Gasteiger partial charge in [-0.2, -0.15) is 0 Å². The molecule has 3 rings (SSSR count). The van der Waals surface area contributed by atoms with Gasteiger partial charge in [-0.15, -0.1) is 0 Å². The van der Waals surface area contributed by atoms with Gasteiger partial charge in [0.25, 0.3) is 5.56 Å². The van der Waals surface area contributed by atoms with Gasteiger partial charge in [0.1, 0.15) is 0 Å². The Morgan fingerprint density at radius 2 is 2.00 bits per heavy atom. The minimum Gasteiger partial charge on any atom is -0.393 e. The van der Waals surface area contributed by atoms with E-state index in [1.54, 1.807) is 30.7 Å². The zero-order valence-corrected chi connectivity index (χ0v) is 15.3. The van der Waals surface area contributed by atoms with Crippen molar-refractivity contribution >= 4 is 34.5 Å². The molecule has 0 saturated heterocycles. The molecule has 0 fully saturated rings. The number of H-pyrrole nitrogens is 1. The van der Waals surface area contributed by atoms with Crippen molar-refractivity contribution < 1.29 is 5.11 Å². The lowest BCUT2D eigenvalue weighted by Gasteiger charge is -2.09. The number of thioether (sulfide) groups is 1. The van der Waals surface area contributed by atoms with E-state index >= 15 is 0 Å². The lowest BCUT2D eigenvalue weighted by Crippen LogP contribution is -2.29. The van der Waals surface area contributed by atoms with E-state index in [1.165, 1.54) is 16.3 Å². The van der Waals surface area contributed by atoms with Crippen molar-refractivity contribution in [3.05, 3.63) is 55.7 Å². The molecule has 9 heteroatoms. The van der Waals surface area contributed by atoms with Crippen molar-refractivity contribution in [1.82, 2.24) is 19.1 Å². The highest BCUT2D eigenvalue weighted by Crippen LogP contribution is 2.23. The molecule has 0 bridgehead atoms. The van der Waals surface area contributed by atoms with Crippen LogP contribution in [0.2, 0.25) is 5.02 Å². The third-order valence-corrected chi connectivity index (χ3v) is 5.15. The number of aromatic nitrogens is 4. The largest absolute Gasteiger partial charge is 0.393 e. The van der Waals surface area contributed by atoms with Crippen LogP contribution in [0, 0.1) is 0 Å². The number of nitrogens with zero attached hydrogens (tertiary/aromatic N) is 3. The Balaban J connectivity index is 2.16. The molecule has 0 radical (unpaired) electrons. The first-order valence-electron chi connectivity index (χ1n) is 7.61. The van der Waals surface area contributed by atoms with E-state index in [0.29, 0.717) is 33.6 Å². The maximum Gasteiger partial charge on any atom is 0.329 e. The first-order valence-corrected chi connectivity index (χ1v) is 8.98. The van der Waals surface area contributed by atoms with Gasteiger partial charge in [0.15, 0.2) is 16.3 Å². The second-order valence-corrected chi connectivity index (χ2v) is 7.18. The van der Waals surface area contributed by atoms with Crippen LogP contribution in [0.3, 0.4) is 0 Å². The van der Waals surface area contributed by atoms with Gasteiger partial charge in [-0.25, -0.2) is 9.78 Å². The molecule has 0 aliphatic heterocycles. The molecule has 0 saturated carbocycles. The topological polar surface area (TPSA) is 92.9 Å². The average Bonchev–Trinajstić information content (AvgIpc) is 2.92. The number of aliphatic hydroxyl groups is 1. The molecule has 0 amide bonds. The Hall–Kier alpha value is -2.03. The summed E-state index contributed by atoms with van der Waals surface area (Å²) in [5.74, 6) is 0.426. The molecule has 2 N–H and O–H groups in total. The zero-order valence-electron chi connectivity index (χ0n) is 13.7. The van der Waals surface area contributed by atoms with Crippen molar-refractivity contribution in [2.45, 2.75) is 24.7 Å². The fourth-order valence-corrected chi connectivity index (χ4v) is 3.42. The molecule has 2 heterocycles. The standard InChI is InChI=1S/C16H17ClN4O3S/c1-9(22)8-25-16-18-13-12(14(23)19-15(24)20(13)2)21(16)7-10-3-5-11(17)6-4-10/h3-6,9,22H,7-8H2,1-2H3,(H,19,23,24). The number of nitrogens with one attached hydrogen (secondary N) is 1. The van der Waals surface area contributed by atoms with Gasteiger partial charge in [-0.3, -0.25) is 14.3 Å². The highest BCUT2D eigenvalue weighted by Gasteiger charge is 2.18. The van der Waals surface area contributed by atoms with Crippen LogP contribution in [-0.2, 0) is 13.6 Å². The van der Waals surface area contributed by atoms with E-state index < -0.39 is 17.4 Å². The molecule has 132 valence electrons. The Morgan fingerprint density at radius 1 is 1.32 bits per heavy atom. The zero-order chi connectivity index (χ0) is 18.1. The average molecular weight is 381 g/mol. The van der Waals surface area contributed by atoms with Gasteiger partial charge < -0.3 is 9.67 Å². The van der Waals surface area contributed by atoms with Gasteiger partial charge in [-0.05, 0) is 24.6 Å². The Labute approximate surface area is 152 Å². The van der Waals surface area contributed by atoms with Crippen molar-refractivity contribution in [3.63, 3.8) is 0 Å². The molecule has 3 aromatic rings. The highest BCUT2D eigenvalue weighted by atomic mass is 35.5. The van der Waals surface area contributed by atoms with E-state index in [-0.39, 0.29) is 0 Å². The number of aliphatic hydroxyl groups excluding tert-OH is 1. The number of halogens is 1. The van der Waals surface area contributed by atoms with Crippen LogP contribution in [0.15, 0.2) is 39.0 Å². The summed E-state index contributed by atoms with van der Waals surface area (Å²) in [4.78, 5) is 30.9. The Morgan fingerprint density at radius 3 is 2.64 bits per heavy atom. The lowest BCUT2D eigenvalue weighted by molar-refractivity contribution is 0.220. The summed E-state index contributed by atoms with van der Waals surface area (Å²) in [6.45, 7) is 2.08. The molecule has 25 heavy (non-hydrogen) atoms. The van der Waals surface area contributed by atoms with Gasteiger partial charge in [0.2, 0.25) is 0 Å². The van der Waals surface area contributed by atoms with Crippen LogP contribution in [0.4, 0.5) is 0 Å². The van der Waals surface area contributed by atoms with Gasteiger partial charge in [0.05, 0.1) is 12.6 Å². The predicted octanol–water partition coefficient (Wildman–Crippen LogP) is 1.60. The van der Waals surface area contributed by atoms with Crippen molar-refractivity contribution in [2.75, 3.05) is 5.75 Å². The summed E-state index contributed by atoms with van der Waals surface area (Å²) in [5, 5.41) is 10.8. The van der Waals surface area contributed by atoms with Gasteiger partial charge >= 0.3 is 5.69 Å². The SMILES string of the molecule is CC(O)CSc1nc2c(c(=O)[nH]c(=O)n2C)n1Cc1ccc(Cl)cc1. The van der Waals surface area contributed by atoms with E-state index in [2.05, 4.69) is 9.97 Å². The van der Waals surface area contributed by atoms with Gasteiger partial charge in [0, 0.05) is 17.8 Å². The van der Waals surface area contributed by atoms with Crippen LogP contribution in [-0.4, -0.2) is 36.1 Å². The number of aromatic amines is 1. The van der Waals surface area contributed by atoms with E-state index in [0.717, 1.165) is 5.56 Å². The quantitative estimate of drug-likeness (QED) is 0.656. The summed E-state index contributed by atoms with van der Waals surface area (Å²) >= 11 is 7.26. The van der Waals surface area contributed by atoms with E-state index in [1.807, 2.05) is 12.1 Å². The maximum absolute atomic E-state index is 12.4. The molecular formula is C16H17ClN4O3S. The third kappa shape index (κ3) is 3.65. The lowest BCUT2D eigenvalue weighted by atomic mass is 10.2. The third-order valence-electron chi connectivity index (χ3n) is 3.68. The molecule has 0 aliphatic carbocycles. The molecule has 0 spiro atoms. The summed E-state index contributed by atoms with van der Waals surface area (Å²) in [6, 6.07) is 7.29. The van der Waals surface area contributed by atoms with Crippen LogP contribution >= 0.6 is 23.4 Å². The fourth-order valence-electron chi connectivity index (χ4n) is 2.44. The van der Waals surface area contributed by atoms with E-state index in [4.69, 9.17) is 11.6 Å². The number of rotatable bonds is 5. The predicted molar refractivity (Wildman–Crippen MR) is 98.6 cm³/mol. The number of imidazole rings is 1. The number of hydrogen-bond donors (Lipinski definition) is 2. The first kappa shape index (κ1) is 17.8. The minimum absolute atomic E-state index is 0.316. The summed E-state index contributed by atoms with van der Waals surface area (Å²) in [5.41, 5.74) is 0.584. The second-order valence-electron chi connectivity index (χ2n) is 5.76. The molecule has 1 atom stereocenters. The Kier molecular flexibility index (Phi) is 5.03. The first-order chi connectivity index (χ1) is 11.9. The van der Waals surface area contributed by atoms with Crippen molar-refractivity contribution in [3.8, 4) is 0 Å². The highest BCUT2D eigenvalue weighted by molar-refractivity contribution is 7.99. The molecular weight excluding hydrogens is 364 g/mol. The Bertz CT molecular complexity index is 1020. The molecule has 7 nitrogen and oxygen atoms in total. The number of fused-ring (bicyclic) bond motifs is 1. The maximum atomic E-state index is 12.4. The van der Waals surface area contributed by atoms with Crippen molar-refractivity contribution in [1.29, 1.82) is 0 Å². The summed E-state index contributed by atoms with van der Waals surface area (Å²) in [7, 11) is 1.56. The van der Waals surface area contributed by atoms with Crippen LogP contribution in [0.1, 0.15) is 12.5 Å². The van der Waals surface area contributed by atoms with Gasteiger partial charge in [-0.1, -0.05) is 35.5 Å². The van der Waals surface area contributed by atoms with Crippen LogP contribution in [0.5, 0.6) is 0 Å². The van der Waals surface area contributed by atoms with Crippen LogP contribution < -0.4 is 11.2 Å². The monoisotopic (exact) mass is 380 g/mol. The molecule has 1 aromatic carbocycles. The second kappa shape index (κ2) is 7.07. The minimum atomic E-state index is -0.518. The number of hydrogen-bond acceptors (Lipinski definition) is 5. The van der Waals surface area contributed by atoms with Crippen molar-refractivity contribution in [2.24, 2.45) is 7.05 Å². The van der Waals surface area contributed by atoms with E-state index in [9.17, 15) is 14.7 Å². The fraction of sp³-hybridized carbons (Fsp3) is 0.312. The normalized spacial score (nSPS) is 12.6. The van der Waals surface area contributed by atoms with Crippen LogP contribution in [0.25, 0.3) is 11.2 Å². The molecule has 2 aromatic heterocycles. The smallest absolute Gasteiger partial charge is 0.329 e. The molecule has 1 unspecified atom stereocenters. The molecule has 0 aliphatic rings. The summed E-state index contributed by atoms with van der Waals surface area (Å²) in [6.07, 6.45) is -0.518. The number of benzene rings is 1.